The minimum absolute atomic E-state index is 0.0175. The Morgan fingerprint density at radius 2 is 1.76 bits per heavy atom. The van der Waals surface area contributed by atoms with Crippen LogP contribution in [0, 0.1) is 11.8 Å². The van der Waals surface area contributed by atoms with E-state index in [9.17, 15) is 9.59 Å². The predicted molar refractivity (Wildman–Crippen MR) is 113 cm³/mol. The van der Waals surface area contributed by atoms with Crippen molar-refractivity contribution in [2.75, 3.05) is 19.6 Å². The number of likely N-dealkylation sites (tertiary alicyclic amines) is 1. The van der Waals surface area contributed by atoms with Crippen LogP contribution in [0.25, 0.3) is 0 Å². The van der Waals surface area contributed by atoms with Crippen LogP contribution in [0.4, 0.5) is 0 Å². The molecule has 3 aliphatic rings. The summed E-state index contributed by atoms with van der Waals surface area (Å²) in [4.78, 5) is 26.7. The molecule has 29 heavy (non-hydrogen) atoms. The third-order valence-corrected chi connectivity index (χ3v) is 6.64. The highest BCUT2D eigenvalue weighted by atomic mass is 16.5. The van der Waals surface area contributed by atoms with Gasteiger partial charge in [-0.05, 0) is 43.4 Å². The number of rotatable bonds is 7. The van der Waals surface area contributed by atoms with Gasteiger partial charge in [0.25, 0.3) is 5.91 Å². The van der Waals surface area contributed by atoms with Crippen LogP contribution in [0.3, 0.4) is 0 Å². The summed E-state index contributed by atoms with van der Waals surface area (Å²) in [7, 11) is 0. The fourth-order valence-electron chi connectivity index (χ4n) is 4.65. The second kappa shape index (κ2) is 9.64. The van der Waals surface area contributed by atoms with Crippen LogP contribution >= 0.6 is 0 Å². The second-order valence-electron chi connectivity index (χ2n) is 8.99. The second-order valence-corrected chi connectivity index (χ2v) is 8.99. The van der Waals surface area contributed by atoms with Gasteiger partial charge < -0.3 is 15.0 Å². The summed E-state index contributed by atoms with van der Waals surface area (Å²) in [6.07, 6.45) is 11.7. The number of nitrogens with zero attached hydrogens (tertiary/aromatic N) is 1. The van der Waals surface area contributed by atoms with E-state index in [1.807, 2.05) is 29.2 Å². The fourth-order valence-corrected chi connectivity index (χ4v) is 4.65. The molecule has 0 radical (unpaired) electrons. The van der Waals surface area contributed by atoms with E-state index in [-0.39, 0.29) is 12.0 Å². The molecule has 2 amide bonds. The van der Waals surface area contributed by atoms with Crippen molar-refractivity contribution < 1.29 is 14.3 Å². The van der Waals surface area contributed by atoms with Gasteiger partial charge in [0.15, 0.2) is 0 Å². The van der Waals surface area contributed by atoms with Gasteiger partial charge >= 0.3 is 0 Å². The topological polar surface area (TPSA) is 58.6 Å². The quantitative estimate of drug-likeness (QED) is 0.750. The van der Waals surface area contributed by atoms with Crippen molar-refractivity contribution in [2.24, 2.45) is 11.8 Å². The first kappa shape index (κ1) is 20.2. The molecule has 158 valence electrons. The van der Waals surface area contributed by atoms with Crippen molar-refractivity contribution >= 4 is 11.8 Å². The Bertz CT molecular complexity index is 702. The summed E-state index contributed by atoms with van der Waals surface area (Å²) >= 11 is 0. The van der Waals surface area contributed by atoms with Crippen molar-refractivity contribution in [2.45, 2.75) is 70.3 Å². The molecule has 2 saturated carbocycles. The molecule has 0 atom stereocenters. The zero-order valence-electron chi connectivity index (χ0n) is 17.4. The van der Waals surface area contributed by atoms with Gasteiger partial charge in [-0.3, -0.25) is 9.59 Å². The first-order valence-electron chi connectivity index (χ1n) is 11.5. The SMILES string of the molecule is O=C(NCCC1CCCCC1)c1cccc(OC2CCN(C(=O)C3CC3)CC2)c1. The third kappa shape index (κ3) is 5.74. The molecule has 1 N–H and O–H groups in total. The molecule has 1 aliphatic heterocycles. The first-order valence-corrected chi connectivity index (χ1v) is 11.5. The highest BCUT2D eigenvalue weighted by molar-refractivity contribution is 5.94. The third-order valence-electron chi connectivity index (χ3n) is 6.64. The molecule has 1 aromatic carbocycles. The molecule has 0 spiro atoms. The van der Waals surface area contributed by atoms with Crippen LogP contribution in [0.1, 0.15) is 74.6 Å². The number of carbonyl (C=O) groups is 2. The Hall–Kier alpha value is -2.04. The molecule has 0 aromatic heterocycles. The highest BCUT2D eigenvalue weighted by Crippen LogP contribution is 2.32. The average Bonchev–Trinajstić information content (AvgIpc) is 3.60. The minimum atomic E-state index is -0.0175. The van der Waals surface area contributed by atoms with Gasteiger partial charge in [0.1, 0.15) is 11.9 Å². The molecular weight excluding hydrogens is 364 g/mol. The molecule has 0 unspecified atom stereocenters. The number of ether oxygens (including phenoxy) is 1. The molecule has 5 heteroatoms. The van der Waals surface area contributed by atoms with Crippen LogP contribution in [-0.4, -0.2) is 42.5 Å². The molecule has 1 saturated heterocycles. The Balaban J connectivity index is 1.22. The minimum Gasteiger partial charge on any atom is -0.490 e. The van der Waals surface area contributed by atoms with E-state index >= 15 is 0 Å². The van der Waals surface area contributed by atoms with Crippen LogP contribution < -0.4 is 10.1 Å². The maximum Gasteiger partial charge on any atom is 0.251 e. The maximum atomic E-state index is 12.5. The van der Waals surface area contributed by atoms with Crippen molar-refractivity contribution in [3.05, 3.63) is 29.8 Å². The summed E-state index contributed by atoms with van der Waals surface area (Å²) in [5.74, 6) is 2.13. The number of hydrogen-bond acceptors (Lipinski definition) is 3. The van der Waals surface area contributed by atoms with Crippen molar-refractivity contribution in [1.82, 2.24) is 10.2 Å². The smallest absolute Gasteiger partial charge is 0.251 e. The van der Waals surface area contributed by atoms with Gasteiger partial charge in [-0.25, -0.2) is 0 Å². The molecule has 5 nitrogen and oxygen atoms in total. The summed E-state index contributed by atoms with van der Waals surface area (Å²) < 4.78 is 6.13. The van der Waals surface area contributed by atoms with E-state index in [0.717, 1.165) is 63.4 Å². The lowest BCUT2D eigenvalue weighted by molar-refractivity contribution is -0.134. The van der Waals surface area contributed by atoms with E-state index in [4.69, 9.17) is 4.74 Å². The lowest BCUT2D eigenvalue weighted by Crippen LogP contribution is -2.42. The molecule has 1 aromatic rings. The number of piperidine rings is 1. The lowest BCUT2D eigenvalue weighted by Gasteiger charge is -2.32. The van der Waals surface area contributed by atoms with Gasteiger partial charge in [-0.1, -0.05) is 38.2 Å². The maximum absolute atomic E-state index is 12.5. The standard InChI is InChI=1S/C24H34N2O3/c27-23(25-14-11-18-5-2-1-3-6-18)20-7-4-8-22(17-20)29-21-12-15-26(16-13-21)24(28)19-9-10-19/h4,7-8,17-19,21H,1-3,5-6,9-16H2,(H,25,27). The first-order chi connectivity index (χ1) is 14.2. The Morgan fingerprint density at radius 1 is 1.00 bits per heavy atom. The van der Waals surface area contributed by atoms with E-state index in [0.29, 0.717) is 17.4 Å². The lowest BCUT2D eigenvalue weighted by atomic mass is 9.87. The number of amides is 2. The van der Waals surface area contributed by atoms with Gasteiger partial charge in [-0.2, -0.15) is 0 Å². The van der Waals surface area contributed by atoms with E-state index < -0.39 is 0 Å². The van der Waals surface area contributed by atoms with E-state index in [1.165, 1.54) is 32.1 Å². The molecule has 2 aliphatic carbocycles. The van der Waals surface area contributed by atoms with Crippen molar-refractivity contribution in [3.63, 3.8) is 0 Å². The number of nitrogens with one attached hydrogen (secondary N) is 1. The Labute approximate surface area is 174 Å². The molecule has 0 bridgehead atoms. The van der Waals surface area contributed by atoms with Crippen molar-refractivity contribution in [3.8, 4) is 5.75 Å². The summed E-state index contributed by atoms with van der Waals surface area (Å²) in [5.41, 5.74) is 0.660. The van der Waals surface area contributed by atoms with Gasteiger partial charge in [0.2, 0.25) is 5.91 Å². The van der Waals surface area contributed by atoms with Crippen LogP contribution in [0.2, 0.25) is 0 Å². The largest absolute Gasteiger partial charge is 0.490 e. The van der Waals surface area contributed by atoms with Gasteiger partial charge in [-0.15, -0.1) is 0 Å². The van der Waals surface area contributed by atoms with E-state index in [2.05, 4.69) is 5.32 Å². The zero-order chi connectivity index (χ0) is 20.1. The number of hydrogen-bond donors (Lipinski definition) is 1. The molecular formula is C24H34N2O3. The van der Waals surface area contributed by atoms with Gasteiger partial charge in [0.05, 0.1) is 0 Å². The fraction of sp³-hybridized carbons (Fsp3) is 0.667. The highest BCUT2D eigenvalue weighted by Gasteiger charge is 2.35. The summed E-state index contributed by atoms with van der Waals surface area (Å²) in [5, 5.41) is 3.07. The molecule has 4 rings (SSSR count). The zero-order valence-corrected chi connectivity index (χ0v) is 17.4. The predicted octanol–water partition coefficient (Wildman–Crippen LogP) is 4.17. The summed E-state index contributed by atoms with van der Waals surface area (Å²) in [6.45, 7) is 2.31. The number of benzene rings is 1. The molecule has 3 fully saturated rings. The Kier molecular flexibility index (Phi) is 6.73. The monoisotopic (exact) mass is 398 g/mol. The Morgan fingerprint density at radius 3 is 2.48 bits per heavy atom. The summed E-state index contributed by atoms with van der Waals surface area (Å²) in [6, 6.07) is 7.50. The average molecular weight is 399 g/mol. The van der Waals surface area contributed by atoms with E-state index in [1.54, 1.807) is 0 Å². The van der Waals surface area contributed by atoms with Crippen LogP contribution in [-0.2, 0) is 4.79 Å². The van der Waals surface area contributed by atoms with Crippen LogP contribution in [0.15, 0.2) is 24.3 Å². The van der Waals surface area contributed by atoms with Crippen molar-refractivity contribution in [1.29, 1.82) is 0 Å². The van der Waals surface area contributed by atoms with Gasteiger partial charge in [0, 0.05) is 44.0 Å². The van der Waals surface area contributed by atoms with Crippen LogP contribution in [0.5, 0.6) is 5.75 Å². The normalized spacial score (nSPS) is 21.0. The molecule has 1 heterocycles. The number of carbonyl (C=O) groups excluding carboxylic acids is 2.